The molecule has 0 saturated carbocycles. The van der Waals surface area contributed by atoms with Crippen molar-refractivity contribution >= 4 is 0 Å². The molecule has 1 nitrogen and oxygen atoms in total. The van der Waals surface area contributed by atoms with Gasteiger partial charge in [-0.25, -0.2) is 0 Å². The van der Waals surface area contributed by atoms with E-state index in [9.17, 15) is 0 Å². The molecule has 0 aromatic heterocycles. The zero-order chi connectivity index (χ0) is 13.9. The highest BCUT2D eigenvalue weighted by molar-refractivity contribution is 5.49. The van der Waals surface area contributed by atoms with Crippen molar-refractivity contribution < 1.29 is 0 Å². The Balaban J connectivity index is 2.74. The van der Waals surface area contributed by atoms with Crippen LogP contribution in [-0.4, -0.2) is 0 Å². The molecule has 0 fully saturated rings. The summed E-state index contributed by atoms with van der Waals surface area (Å²) in [4.78, 5) is 0. The lowest BCUT2D eigenvalue weighted by Gasteiger charge is -2.42. The number of hydrogen-bond donors (Lipinski definition) is 1. The second-order valence-corrected chi connectivity index (χ2v) is 7.61. The van der Waals surface area contributed by atoms with Crippen molar-refractivity contribution in [2.75, 3.05) is 0 Å². The molecular weight excluding hydrogens is 218 g/mol. The first kappa shape index (κ1) is 13.6. The first-order chi connectivity index (χ1) is 7.99. The van der Waals surface area contributed by atoms with Crippen molar-refractivity contribution in [3.63, 3.8) is 0 Å². The van der Waals surface area contributed by atoms with Gasteiger partial charge in [-0.3, -0.25) is 5.32 Å². The van der Waals surface area contributed by atoms with Gasteiger partial charge in [-0.1, -0.05) is 32.9 Å². The number of rotatable bonds is 0. The Morgan fingerprint density at radius 2 is 1.33 bits per heavy atom. The van der Waals surface area contributed by atoms with E-state index in [1.54, 1.807) is 0 Å². The average molecular weight is 245 g/mol. The number of hydrogen-bond acceptors (Lipinski definition) is 1. The van der Waals surface area contributed by atoms with Gasteiger partial charge in [0.1, 0.15) is 0 Å². The molecule has 0 saturated heterocycles. The van der Waals surface area contributed by atoms with Gasteiger partial charge in [-0.15, -0.1) is 0 Å². The maximum Gasteiger partial charge on any atom is 0.0465 e. The van der Waals surface area contributed by atoms with Gasteiger partial charge >= 0.3 is 0 Å². The standard InChI is InChI=1S/C17H27N/c1-11-9-13-14(10-12(11)2)17(8,15(3,4)5)18-16(13,6)7/h9-10,18H,1-8H3. The maximum atomic E-state index is 3.87. The molecule has 1 heterocycles. The fourth-order valence-corrected chi connectivity index (χ4v) is 3.10. The summed E-state index contributed by atoms with van der Waals surface area (Å²) in [5, 5.41) is 3.87. The quantitative estimate of drug-likeness (QED) is 0.714. The smallest absolute Gasteiger partial charge is 0.0465 e. The minimum Gasteiger partial charge on any atom is -0.298 e. The molecule has 0 radical (unpaired) electrons. The predicted octanol–water partition coefficient (Wildman–Crippen LogP) is 4.40. The summed E-state index contributed by atoms with van der Waals surface area (Å²) < 4.78 is 0. The van der Waals surface area contributed by atoms with Crippen LogP contribution in [0.3, 0.4) is 0 Å². The molecule has 1 atom stereocenters. The van der Waals surface area contributed by atoms with Crippen molar-refractivity contribution in [2.24, 2.45) is 5.41 Å². The number of nitrogens with one attached hydrogen (secondary N) is 1. The molecule has 1 N–H and O–H groups in total. The van der Waals surface area contributed by atoms with Gasteiger partial charge in [0, 0.05) is 11.1 Å². The van der Waals surface area contributed by atoms with Crippen molar-refractivity contribution in [1.29, 1.82) is 0 Å². The fourth-order valence-electron chi connectivity index (χ4n) is 3.10. The third kappa shape index (κ3) is 1.72. The lowest BCUT2D eigenvalue weighted by Crippen LogP contribution is -2.50. The Labute approximate surface area is 112 Å². The van der Waals surface area contributed by atoms with E-state index in [0.29, 0.717) is 0 Å². The molecule has 0 aliphatic carbocycles. The molecular formula is C17H27N. The normalized spacial score (nSPS) is 26.2. The van der Waals surface area contributed by atoms with Crippen LogP contribution in [0.2, 0.25) is 0 Å². The molecule has 0 spiro atoms. The highest BCUT2D eigenvalue weighted by Gasteiger charge is 2.50. The molecule has 1 aliphatic rings. The summed E-state index contributed by atoms with van der Waals surface area (Å²) >= 11 is 0. The summed E-state index contributed by atoms with van der Waals surface area (Å²) in [6, 6.07) is 4.76. The highest BCUT2D eigenvalue weighted by atomic mass is 15.1. The van der Waals surface area contributed by atoms with Crippen LogP contribution in [0.15, 0.2) is 12.1 Å². The summed E-state index contributed by atoms with van der Waals surface area (Å²) in [5.74, 6) is 0. The predicted molar refractivity (Wildman–Crippen MR) is 78.9 cm³/mol. The van der Waals surface area contributed by atoms with Crippen LogP contribution >= 0.6 is 0 Å². The van der Waals surface area contributed by atoms with Crippen LogP contribution < -0.4 is 5.32 Å². The van der Waals surface area contributed by atoms with E-state index >= 15 is 0 Å². The molecule has 1 aromatic rings. The van der Waals surface area contributed by atoms with E-state index in [1.807, 2.05) is 0 Å². The summed E-state index contributed by atoms with van der Waals surface area (Å²) in [7, 11) is 0. The average Bonchev–Trinajstić information content (AvgIpc) is 2.37. The topological polar surface area (TPSA) is 12.0 Å². The number of aryl methyl sites for hydroxylation is 2. The molecule has 1 unspecified atom stereocenters. The van der Waals surface area contributed by atoms with Crippen molar-refractivity contribution in [1.82, 2.24) is 5.32 Å². The minimum atomic E-state index is 0.0320. The fraction of sp³-hybridized carbons (Fsp3) is 0.647. The minimum absolute atomic E-state index is 0.0320. The summed E-state index contributed by atoms with van der Waals surface area (Å²) in [5.41, 5.74) is 5.99. The maximum absolute atomic E-state index is 3.87. The van der Waals surface area contributed by atoms with Gasteiger partial charge < -0.3 is 0 Å². The van der Waals surface area contributed by atoms with Crippen LogP contribution in [0.4, 0.5) is 0 Å². The Hall–Kier alpha value is -0.820. The third-order valence-electron chi connectivity index (χ3n) is 4.91. The van der Waals surface area contributed by atoms with Crippen LogP contribution in [0, 0.1) is 19.3 Å². The Morgan fingerprint density at radius 3 is 1.78 bits per heavy atom. The SMILES string of the molecule is Cc1cc2c(cc1C)C(C)(C(C)(C)C)NC2(C)C. The lowest BCUT2D eigenvalue weighted by atomic mass is 9.71. The van der Waals surface area contributed by atoms with Crippen LogP contribution in [0.25, 0.3) is 0 Å². The Bertz CT molecular complexity index is 491. The van der Waals surface area contributed by atoms with Gasteiger partial charge in [0.15, 0.2) is 0 Å². The van der Waals surface area contributed by atoms with E-state index < -0.39 is 0 Å². The van der Waals surface area contributed by atoms with Crippen molar-refractivity contribution in [3.8, 4) is 0 Å². The van der Waals surface area contributed by atoms with Gasteiger partial charge in [-0.05, 0) is 62.3 Å². The van der Waals surface area contributed by atoms with Gasteiger partial charge in [0.2, 0.25) is 0 Å². The first-order valence-corrected chi connectivity index (χ1v) is 6.90. The van der Waals surface area contributed by atoms with Crippen molar-refractivity contribution in [2.45, 2.75) is 66.5 Å². The van der Waals surface area contributed by atoms with Gasteiger partial charge in [0.25, 0.3) is 0 Å². The first-order valence-electron chi connectivity index (χ1n) is 6.90. The zero-order valence-corrected chi connectivity index (χ0v) is 13.2. The third-order valence-corrected chi connectivity index (χ3v) is 4.91. The molecule has 100 valence electrons. The zero-order valence-electron chi connectivity index (χ0n) is 13.2. The lowest BCUT2D eigenvalue weighted by molar-refractivity contribution is 0.138. The largest absolute Gasteiger partial charge is 0.298 e. The Kier molecular flexibility index (Phi) is 2.72. The molecule has 2 rings (SSSR count). The van der Waals surface area contributed by atoms with E-state index in [4.69, 9.17) is 0 Å². The Morgan fingerprint density at radius 1 is 0.889 bits per heavy atom. The molecule has 1 aliphatic heterocycles. The van der Waals surface area contributed by atoms with Crippen LogP contribution in [0.1, 0.15) is 63.8 Å². The monoisotopic (exact) mass is 245 g/mol. The van der Waals surface area contributed by atoms with E-state index in [-0.39, 0.29) is 16.5 Å². The van der Waals surface area contributed by atoms with E-state index in [0.717, 1.165) is 0 Å². The molecule has 1 heteroatoms. The summed E-state index contributed by atoms with van der Waals surface area (Å²) in [6.07, 6.45) is 0. The summed E-state index contributed by atoms with van der Waals surface area (Å²) in [6.45, 7) is 18.3. The van der Waals surface area contributed by atoms with Crippen LogP contribution in [-0.2, 0) is 11.1 Å². The number of benzene rings is 1. The molecule has 18 heavy (non-hydrogen) atoms. The molecule has 1 aromatic carbocycles. The molecule has 0 amide bonds. The van der Waals surface area contributed by atoms with Gasteiger partial charge in [-0.2, -0.15) is 0 Å². The van der Waals surface area contributed by atoms with Crippen molar-refractivity contribution in [3.05, 3.63) is 34.4 Å². The van der Waals surface area contributed by atoms with E-state index in [1.165, 1.54) is 22.3 Å². The van der Waals surface area contributed by atoms with Crippen LogP contribution in [0.5, 0.6) is 0 Å². The molecule has 0 bridgehead atoms. The second kappa shape index (κ2) is 3.60. The van der Waals surface area contributed by atoms with Gasteiger partial charge in [0.05, 0.1) is 0 Å². The van der Waals surface area contributed by atoms with E-state index in [2.05, 4.69) is 72.8 Å². The number of fused-ring (bicyclic) bond motifs is 1. The second-order valence-electron chi connectivity index (χ2n) is 7.61. The highest BCUT2D eigenvalue weighted by Crippen LogP contribution is 2.50.